The number of carbonyl (C=O) groups is 2. The Morgan fingerprint density at radius 1 is 0.969 bits per heavy atom. The standard InChI is InChI=1S/C23H27N3O5S/c27-22(25-11-13-26(14-12-25)23(28)21-10-5-15-31-21)19-8-4-9-20(16-19)32(29,30)24-17-18-6-2-1-3-7-18/h1-4,6-9,16,21,24H,5,10-15,17H2. The van der Waals surface area contributed by atoms with Crippen LogP contribution in [0.3, 0.4) is 0 Å². The third-order valence-corrected chi connectivity index (χ3v) is 7.18. The number of sulfonamides is 1. The first kappa shape index (κ1) is 22.4. The van der Waals surface area contributed by atoms with Crippen LogP contribution in [0, 0.1) is 0 Å². The molecule has 1 atom stereocenters. The van der Waals surface area contributed by atoms with E-state index in [1.54, 1.807) is 21.9 Å². The zero-order valence-electron chi connectivity index (χ0n) is 17.8. The molecule has 2 aliphatic rings. The topological polar surface area (TPSA) is 96.0 Å². The zero-order valence-corrected chi connectivity index (χ0v) is 18.6. The Bertz CT molecular complexity index is 1060. The summed E-state index contributed by atoms with van der Waals surface area (Å²) in [5.41, 5.74) is 1.16. The Kier molecular flexibility index (Phi) is 6.88. The highest BCUT2D eigenvalue weighted by Crippen LogP contribution is 2.18. The van der Waals surface area contributed by atoms with Crippen molar-refractivity contribution in [2.24, 2.45) is 0 Å². The van der Waals surface area contributed by atoms with Crippen molar-refractivity contribution in [3.63, 3.8) is 0 Å². The largest absolute Gasteiger partial charge is 0.368 e. The van der Waals surface area contributed by atoms with Gasteiger partial charge in [-0.2, -0.15) is 0 Å². The lowest BCUT2D eigenvalue weighted by atomic mass is 10.1. The van der Waals surface area contributed by atoms with E-state index in [1.807, 2.05) is 30.3 Å². The van der Waals surface area contributed by atoms with Gasteiger partial charge in [0, 0.05) is 44.9 Å². The first-order valence-corrected chi connectivity index (χ1v) is 12.3. The Morgan fingerprint density at radius 2 is 1.69 bits per heavy atom. The molecule has 9 heteroatoms. The van der Waals surface area contributed by atoms with Crippen LogP contribution >= 0.6 is 0 Å². The van der Waals surface area contributed by atoms with Crippen molar-refractivity contribution in [2.75, 3.05) is 32.8 Å². The van der Waals surface area contributed by atoms with Crippen LogP contribution in [0.5, 0.6) is 0 Å². The molecule has 2 amide bonds. The molecule has 0 aromatic heterocycles. The number of ether oxygens (including phenoxy) is 1. The summed E-state index contributed by atoms with van der Waals surface area (Å²) in [5, 5.41) is 0. The van der Waals surface area contributed by atoms with Crippen LogP contribution in [0.15, 0.2) is 59.5 Å². The molecule has 4 rings (SSSR count). The maximum absolute atomic E-state index is 13.0. The average molecular weight is 458 g/mol. The van der Waals surface area contributed by atoms with Crippen LogP contribution in [0.25, 0.3) is 0 Å². The van der Waals surface area contributed by atoms with Crippen molar-refractivity contribution in [1.29, 1.82) is 0 Å². The highest BCUT2D eigenvalue weighted by atomic mass is 32.2. The molecule has 2 heterocycles. The third-order valence-electron chi connectivity index (χ3n) is 5.78. The minimum Gasteiger partial charge on any atom is -0.368 e. The van der Waals surface area contributed by atoms with Gasteiger partial charge in [-0.25, -0.2) is 13.1 Å². The quantitative estimate of drug-likeness (QED) is 0.711. The second-order valence-electron chi connectivity index (χ2n) is 7.96. The van der Waals surface area contributed by atoms with Crippen molar-refractivity contribution >= 4 is 21.8 Å². The van der Waals surface area contributed by atoms with Crippen molar-refractivity contribution in [2.45, 2.75) is 30.4 Å². The number of nitrogens with one attached hydrogen (secondary N) is 1. The monoisotopic (exact) mass is 457 g/mol. The van der Waals surface area contributed by atoms with E-state index in [1.165, 1.54) is 12.1 Å². The van der Waals surface area contributed by atoms with Gasteiger partial charge in [-0.1, -0.05) is 36.4 Å². The number of amides is 2. The smallest absolute Gasteiger partial charge is 0.254 e. The van der Waals surface area contributed by atoms with Gasteiger partial charge in [-0.05, 0) is 36.6 Å². The van der Waals surface area contributed by atoms with Crippen LogP contribution in [0.1, 0.15) is 28.8 Å². The summed E-state index contributed by atoms with van der Waals surface area (Å²) in [6.45, 7) is 2.49. The van der Waals surface area contributed by atoms with Crippen LogP contribution in [0.4, 0.5) is 0 Å². The number of hydrogen-bond donors (Lipinski definition) is 1. The second kappa shape index (κ2) is 9.81. The molecule has 32 heavy (non-hydrogen) atoms. The normalized spacial score (nSPS) is 19.2. The molecule has 2 aromatic rings. The number of hydrogen-bond acceptors (Lipinski definition) is 5. The van der Waals surface area contributed by atoms with Crippen molar-refractivity contribution in [1.82, 2.24) is 14.5 Å². The molecule has 2 aliphatic heterocycles. The summed E-state index contributed by atoms with van der Waals surface area (Å²) >= 11 is 0. The molecular formula is C23H27N3O5S. The lowest BCUT2D eigenvalue weighted by Crippen LogP contribution is -2.52. The predicted octanol–water partition coefficient (Wildman–Crippen LogP) is 1.63. The van der Waals surface area contributed by atoms with E-state index in [-0.39, 0.29) is 29.4 Å². The van der Waals surface area contributed by atoms with Crippen molar-refractivity contribution < 1.29 is 22.7 Å². The number of carbonyl (C=O) groups excluding carboxylic acids is 2. The van der Waals surface area contributed by atoms with Gasteiger partial charge in [0.1, 0.15) is 6.10 Å². The van der Waals surface area contributed by atoms with E-state index in [0.29, 0.717) is 38.3 Å². The second-order valence-corrected chi connectivity index (χ2v) is 9.72. The summed E-state index contributed by atoms with van der Waals surface area (Å²) in [5.74, 6) is -0.249. The van der Waals surface area contributed by atoms with E-state index < -0.39 is 10.0 Å². The highest BCUT2D eigenvalue weighted by Gasteiger charge is 2.31. The van der Waals surface area contributed by atoms with Gasteiger partial charge in [0.2, 0.25) is 10.0 Å². The third kappa shape index (κ3) is 5.17. The van der Waals surface area contributed by atoms with Crippen molar-refractivity contribution in [3.05, 3.63) is 65.7 Å². The Morgan fingerprint density at radius 3 is 2.38 bits per heavy atom. The number of benzene rings is 2. The molecule has 2 fully saturated rings. The number of nitrogens with zero attached hydrogens (tertiary/aromatic N) is 2. The highest BCUT2D eigenvalue weighted by molar-refractivity contribution is 7.89. The first-order valence-electron chi connectivity index (χ1n) is 10.8. The average Bonchev–Trinajstić information content (AvgIpc) is 3.38. The van der Waals surface area contributed by atoms with Gasteiger partial charge in [0.15, 0.2) is 0 Å². The van der Waals surface area contributed by atoms with Gasteiger partial charge >= 0.3 is 0 Å². The van der Waals surface area contributed by atoms with Crippen LogP contribution < -0.4 is 4.72 Å². The fourth-order valence-corrected chi connectivity index (χ4v) is 5.01. The fraction of sp³-hybridized carbons (Fsp3) is 0.391. The van der Waals surface area contributed by atoms with Crippen molar-refractivity contribution in [3.8, 4) is 0 Å². The van der Waals surface area contributed by atoms with Gasteiger partial charge < -0.3 is 14.5 Å². The van der Waals surface area contributed by atoms with Gasteiger partial charge in [0.05, 0.1) is 4.90 Å². The van der Waals surface area contributed by atoms with E-state index in [4.69, 9.17) is 4.74 Å². The van der Waals surface area contributed by atoms with Gasteiger partial charge in [-0.15, -0.1) is 0 Å². The summed E-state index contributed by atoms with van der Waals surface area (Å²) < 4.78 is 33.5. The molecule has 2 saturated heterocycles. The molecule has 8 nitrogen and oxygen atoms in total. The lowest BCUT2D eigenvalue weighted by molar-refractivity contribution is -0.142. The molecule has 2 aromatic carbocycles. The Balaban J connectivity index is 1.37. The maximum atomic E-state index is 13.0. The molecule has 0 bridgehead atoms. The number of piperazine rings is 1. The van der Waals surface area contributed by atoms with Gasteiger partial charge in [-0.3, -0.25) is 9.59 Å². The molecule has 170 valence electrons. The number of rotatable bonds is 6. The van der Waals surface area contributed by atoms with Crippen LogP contribution in [-0.4, -0.2) is 68.9 Å². The summed E-state index contributed by atoms with van der Waals surface area (Å²) in [6.07, 6.45) is 1.29. The van der Waals surface area contributed by atoms with E-state index in [0.717, 1.165) is 18.4 Å². The van der Waals surface area contributed by atoms with E-state index >= 15 is 0 Å². The Hall–Kier alpha value is -2.75. The van der Waals surface area contributed by atoms with Crippen LogP contribution in [-0.2, 0) is 26.1 Å². The molecule has 1 N–H and O–H groups in total. The zero-order chi connectivity index (χ0) is 22.6. The van der Waals surface area contributed by atoms with E-state index in [9.17, 15) is 18.0 Å². The molecule has 0 radical (unpaired) electrons. The minimum atomic E-state index is -3.76. The fourth-order valence-electron chi connectivity index (χ4n) is 3.94. The summed E-state index contributed by atoms with van der Waals surface area (Å²) in [6, 6.07) is 15.3. The summed E-state index contributed by atoms with van der Waals surface area (Å²) in [4.78, 5) is 28.9. The molecular weight excluding hydrogens is 430 g/mol. The predicted molar refractivity (Wildman–Crippen MR) is 118 cm³/mol. The minimum absolute atomic E-state index is 0.00724. The maximum Gasteiger partial charge on any atom is 0.254 e. The molecule has 1 unspecified atom stereocenters. The molecule has 0 aliphatic carbocycles. The molecule has 0 spiro atoms. The molecule has 0 saturated carbocycles. The lowest BCUT2D eigenvalue weighted by Gasteiger charge is -2.35. The first-order chi connectivity index (χ1) is 15.4. The van der Waals surface area contributed by atoms with Crippen LogP contribution in [0.2, 0.25) is 0 Å². The van der Waals surface area contributed by atoms with Gasteiger partial charge in [0.25, 0.3) is 11.8 Å². The SMILES string of the molecule is O=C(c1cccc(S(=O)(=O)NCc2ccccc2)c1)N1CCN(C(=O)C2CCCO2)CC1. The summed E-state index contributed by atoms with van der Waals surface area (Å²) in [7, 11) is -3.76. The Labute approximate surface area is 188 Å². The van der Waals surface area contributed by atoms with E-state index in [2.05, 4.69) is 4.72 Å².